The average molecular weight is 949 g/mol. The number of nitrogens with zero attached hydrogens (tertiary/aromatic N) is 3. The van der Waals surface area contributed by atoms with Gasteiger partial charge in [0.2, 0.25) is 27.7 Å². The van der Waals surface area contributed by atoms with Crippen LogP contribution >= 0.6 is 0 Å². The van der Waals surface area contributed by atoms with E-state index >= 15 is 0 Å². The summed E-state index contributed by atoms with van der Waals surface area (Å²) in [5.74, 6) is -1.44. The highest BCUT2D eigenvalue weighted by Crippen LogP contribution is 2.48. The summed E-state index contributed by atoms with van der Waals surface area (Å²) < 4.78 is 52.7. The number of alkyl carbamates (subject to hydrolysis) is 1. The molecular formula is C49H68N6O11S. The SMILES string of the molecule is C=C[C@@H]1C[C@]1(NC(=O)[C@@H]1C[C@@H]2CN1C(=O)[C@H](C(C)(C)C)NC(=O)O[C@@H]1C[C@H]1CCCCCc1c(nc3ccccc3c1OC[C@H]1CCN(C(=O)OC(C)(C)C)C1)O2)C(=O)NS(=O)(=O)C1(C)CC1. The van der Waals surface area contributed by atoms with Gasteiger partial charge in [-0.2, -0.15) is 0 Å². The van der Waals surface area contributed by atoms with Crippen molar-refractivity contribution in [1.29, 1.82) is 0 Å². The number of benzene rings is 1. The van der Waals surface area contributed by atoms with Crippen molar-refractivity contribution in [1.82, 2.24) is 30.1 Å². The molecule has 4 heterocycles. The number of ether oxygens (including phenoxy) is 4. The van der Waals surface area contributed by atoms with Crippen molar-refractivity contribution in [3.63, 3.8) is 0 Å². The molecule has 5 amide bonds. The number of nitrogens with one attached hydrogen (secondary N) is 3. The Kier molecular flexibility index (Phi) is 13.0. The first-order valence-corrected chi connectivity index (χ1v) is 25.5. The number of carbonyl (C=O) groups is 5. The zero-order valence-corrected chi connectivity index (χ0v) is 40.8. The van der Waals surface area contributed by atoms with Gasteiger partial charge in [-0.25, -0.2) is 23.0 Å². The molecule has 67 heavy (non-hydrogen) atoms. The average Bonchev–Trinajstić information content (AvgIpc) is 4.20. The van der Waals surface area contributed by atoms with Crippen LogP contribution < -0.4 is 24.8 Å². The van der Waals surface area contributed by atoms with Crippen molar-refractivity contribution in [3.8, 4) is 11.6 Å². The highest BCUT2D eigenvalue weighted by atomic mass is 32.2. The van der Waals surface area contributed by atoms with Gasteiger partial charge in [-0.1, -0.05) is 51.8 Å². The van der Waals surface area contributed by atoms with Crippen molar-refractivity contribution in [3.05, 3.63) is 42.5 Å². The minimum absolute atomic E-state index is 0.0117. The summed E-state index contributed by atoms with van der Waals surface area (Å²) >= 11 is 0. The number of hydrogen-bond donors (Lipinski definition) is 3. The lowest BCUT2D eigenvalue weighted by atomic mass is 9.85. The van der Waals surface area contributed by atoms with Gasteiger partial charge in [0.25, 0.3) is 5.91 Å². The maximum Gasteiger partial charge on any atom is 0.410 e. The number of fused-ring (bicyclic) bond motifs is 5. The first-order chi connectivity index (χ1) is 31.5. The molecule has 8 rings (SSSR count). The number of aromatic nitrogens is 1. The Morgan fingerprint density at radius 3 is 2.45 bits per heavy atom. The lowest BCUT2D eigenvalue weighted by Gasteiger charge is -2.35. The molecule has 0 spiro atoms. The van der Waals surface area contributed by atoms with E-state index in [0.717, 1.165) is 49.5 Å². The van der Waals surface area contributed by atoms with Crippen LogP contribution in [0.1, 0.15) is 118 Å². The van der Waals surface area contributed by atoms with Gasteiger partial charge < -0.3 is 39.4 Å². The Hall–Kier alpha value is -5.13. The fourth-order valence-electron chi connectivity index (χ4n) is 9.65. The molecule has 3 aliphatic carbocycles. The van der Waals surface area contributed by atoms with Crippen LogP contribution in [0.5, 0.6) is 11.6 Å². The van der Waals surface area contributed by atoms with E-state index in [1.165, 1.54) is 11.0 Å². The quantitative estimate of drug-likeness (QED) is 0.250. The number of hydrogen-bond acceptors (Lipinski definition) is 12. The minimum Gasteiger partial charge on any atom is -0.492 e. The monoisotopic (exact) mass is 948 g/mol. The summed E-state index contributed by atoms with van der Waals surface area (Å²) in [7, 11) is -4.04. The molecule has 3 aliphatic heterocycles. The van der Waals surface area contributed by atoms with E-state index < -0.39 is 79.2 Å². The van der Waals surface area contributed by atoms with Crippen molar-refractivity contribution < 1.29 is 51.3 Å². The zero-order chi connectivity index (χ0) is 48.3. The normalized spacial score (nSPS) is 29.7. The van der Waals surface area contributed by atoms with Crippen LogP contribution in [0, 0.1) is 23.2 Å². The Bertz CT molecular complexity index is 2410. The van der Waals surface area contributed by atoms with Crippen molar-refractivity contribution in [2.24, 2.45) is 23.2 Å². The number of para-hydroxylation sites is 1. The minimum atomic E-state index is -4.04. The number of pyridine rings is 1. The molecule has 0 radical (unpaired) electrons. The third-order valence-electron chi connectivity index (χ3n) is 14.3. The van der Waals surface area contributed by atoms with Crippen LogP contribution in [0.25, 0.3) is 10.9 Å². The van der Waals surface area contributed by atoms with Gasteiger partial charge in [0.15, 0.2) is 0 Å². The fourth-order valence-corrected chi connectivity index (χ4v) is 11.0. The summed E-state index contributed by atoms with van der Waals surface area (Å²) in [4.78, 5) is 78.0. The van der Waals surface area contributed by atoms with Crippen LogP contribution in [0.15, 0.2) is 36.9 Å². The fraction of sp³-hybridized carbons (Fsp3) is 0.673. The highest BCUT2D eigenvalue weighted by molar-refractivity contribution is 7.91. The molecule has 0 unspecified atom stereocenters. The molecule has 3 N–H and O–H groups in total. The number of sulfonamides is 1. The van der Waals surface area contributed by atoms with Crippen LogP contribution in [0.2, 0.25) is 0 Å². The number of rotatable bonds is 9. The first kappa shape index (κ1) is 48.3. The van der Waals surface area contributed by atoms with Gasteiger partial charge >= 0.3 is 12.2 Å². The molecule has 2 saturated heterocycles. The standard InChI is InChI=1S/C49H68N6O11S/c1-9-31-25-49(31,43(58)53-67(61,62)48(8)20-21-48)52-40(56)36-24-32-27-55(36)42(57)39(46(2,3)4)51-44(59)65-37-23-30(37)15-11-10-12-17-34-38(33-16-13-14-18-35(33)50-41(34)64-32)63-28-29-19-22-54(26-29)45(60)66-47(5,6)7/h9,13-14,16,18,29-32,36-37,39H,1,10-12,15,17,19-28H2,2-8H3,(H,51,59)(H,52,56)(H,53,58)/t29-,30+,31+,32+,36-,37+,39+,49+/m0/s1. The molecule has 2 bridgehead atoms. The third-order valence-corrected chi connectivity index (χ3v) is 16.5. The van der Waals surface area contributed by atoms with Crippen molar-refractivity contribution in [2.75, 3.05) is 26.2 Å². The van der Waals surface area contributed by atoms with Crippen molar-refractivity contribution in [2.45, 2.75) is 159 Å². The van der Waals surface area contributed by atoms with Gasteiger partial charge in [-0.15, -0.1) is 6.58 Å². The summed E-state index contributed by atoms with van der Waals surface area (Å²) in [5, 5.41) is 6.49. The Morgan fingerprint density at radius 2 is 1.76 bits per heavy atom. The smallest absolute Gasteiger partial charge is 0.410 e. The molecular weight excluding hydrogens is 881 g/mol. The molecule has 17 nitrogen and oxygen atoms in total. The highest BCUT2D eigenvalue weighted by Gasteiger charge is 2.63. The van der Waals surface area contributed by atoms with E-state index in [4.69, 9.17) is 23.9 Å². The van der Waals surface area contributed by atoms with Gasteiger partial charge in [0.1, 0.15) is 41.2 Å². The van der Waals surface area contributed by atoms with Gasteiger partial charge in [-0.3, -0.25) is 19.1 Å². The second kappa shape index (κ2) is 18.1. The molecule has 2 aromatic rings. The van der Waals surface area contributed by atoms with E-state index in [2.05, 4.69) is 21.9 Å². The largest absolute Gasteiger partial charge is 0.492 e. The summed E-state index contributed by atoms with van der Waals surface area (Å²) in [6.07, 6.45) is 5.81. The maximum atomic E-state index is 14.9. The maximum absolute atomic E-state index is 14.9. The van der Waals surface area contributed by atoms with Crippen LogP contribution in [0.4, 0.5) is 9.59 Å². The molecule has 1 aromatic carbocycles. The number of amides is 5. The molecule has 5 fully saturated rings. The van der Waals surface area contributed by atoms with E-state index in [1.807, 2.05) is 65.8 Å². The second-order valence-corrected chi connectivity index (χ2v) is 24.2. The van der Waals surface area contributed by atoms with Gasteiger partial charge in [0, 0.05) is 36.7 Å². The number of likely N-dealkylation sites (tertiary alicyclic amines) is 1. The van der Waals surface area contributed by atoms with Gasteiger partial charge in [0.05, 0.1) is 29.0 Å². The molecule has 366 valence electrons. The predicted octanol–water partition coefficient (Wildman–Crippen LogP) is 5.92. The van der Waals surface area contributed by atoms with Crippen LogP contribution in [0.3, 0.4) is 0 Å². The molecule has 6 aliphatic rings. The predicted molar refractivity (Wildman–Crippen MR) is 248 cm³/mol. The van der Waals surface area contributed by atoms with E-state index in [0.29, 0.717) is 56.1 Å². The van der Waals surface area contributed by atoms with E-state index in [9.17, 15) is 32.4 Å². The Morgan fingerprint density at radius 1 is 1.01 bits per heavy atom. The molecule has 3 saturated carbocycles. The lowest BCUT2D eigenvalue weighted by molar-refractivity contribution is -0.142. The van der Waals surface area contributed by atoms with Crippen molar-refractivity contribution >= 4 is 50.8 Å². The van der Waals surface area contributed by atoms with Crippen LogP contribution in [-0.2, 0) is 40.3 Å². The zero-order valence-electron chi connectivity index (χ0n) is 40.0. The third kappa shape index (κ3) is 10.5. The Labute approximate surface area is 393 Å². The molecule has 18 heteroatoms. The van der Waals surface area contributed by atoms with E-state index in [-0.39, 0.29) is 43.4 Å². The molecule has 8 atom stereocenters. The second-order valence-electron chi connectivity index (χ2n) is 22.0. The first-order valence-electron chi connectivity index (χ1n) is 24.0. The van der Waals surface area contributed by atoms with Crippen LogP contribution in [-0.4, -0.2) is 120 Å². The lowest BCUT2D eigenvalue weighted by Crippen LogP contribution is -2.60. The summed E-state index contributed by atoms with van der Waals surface area (Å²) in [5.41, 5.74) is -1.67. The number of carbonyl (C=O) groups excluding carboxylic acids is 5. The van der Waals surface area contributed by atoms with Gasteiger partial charge in [-0.05, 0) is 103 Å². The topological polar surface area (TPSA) is 212 Å². The Balaban J connectivity index is 1.11. The van der Waals surface area contributed by atoms with E-state index in [1.54, 1.807) is 11.8 Å². The summed E-state index contributed by atoms with van der Waals surface area (Å²) in [6, 6.07) is 5.33. The molecule has 1 aromatic heterocycles. The summed E-state index contributed by atoms with van der Waals surface area (Å²) in [6.45, 7) is 17.7.